The van der Waals surface area contributed by atoms with Gasteiger partial charge in [0.2, 0.25) is 0 Å². The van der Waals surface area contributed by atoms with Crippen LogP contribution in [0.3, 0.4) is 0 Å². The van der Waals surface area contributed by atoms with Gasteiger partial charge in [0.05, 0.1) is 19.8 Å². The number of methoxy groups -OCH3 is 1. The molecule has 0 radical (unpaired) electrons. The van der Waals surface area contributed by atoms with Crippen LogP contribution in [-0.4, -0.2) is 63.4 Å². The summed E-state index contributed by atoms with van der Waals surface area (Å²) in [6.07, 6.45) is 0. The summed E-state index contributed by atoms with van der Waals surface area (Å²) in [7, 11) is 1.68. The molecule has 1 fully saturated rings. The van der Waals surface area contributed by atoms with E-state index in [1.165, 1.54) is 0 Å². The zero-order valence-corrected chi connectivity index (χ0v) is 9.49. The van der Waals surface area contributed by atoms with Crippen molar-refractivity contribution in [1.29, 1.82) is 0 Å². The van der Waals surface area contributed by atoms with Crippen molar-refractivity contribution in [2.45, 2.75) is 13.0 Å². The first-order valence-corrected chi connectivity index (χ1v) is 5.37. The number of carbonyl (C=O) groups excluding carboxylic acids is 1. The number of hydrogen-bond acceptors (Lipinski definition) is 5. The maximum absolute atomic E-state index is 11.3. The van der Waals surface area contributed by atoms with Crippen molar-refractivity contribution in [1.82, 2.24) is 10.2 Å². The van der Waals surface area contributed by atoms with E-state index in [1.54, 1.807) is 7.11 Å². The van der Waals surface area contributed by atoms with Crippen molar-refractivity contribution in [3.05, 3.63) is 0 Å². The van der Waals surface area contributed by atoms with Crippen molar-refractivity contribution >= 4 is 5.97 Å². The highest BCUT2D eigenvalue weighted by molar-refractivity contribution is 5.71. The molecule has 0 spiro atoms. The molecule has 5 heteroatoms. The van der Waals surface area contributed by atoms with Gasteiger partial charge >= 0.3 is 5.97 Å². The smallest absolute Gasteiger partial charge is 0.320 e. The van der Waals surface area contributed by atoms with Gasteiger partial charge in [0.1, 0.15) is 0 Å². The van der Waals surface area contributed by atoms with Crippen LogP contribution in [0.5, 0.6) is 0 Å². The van der Waals surface area contributed by atoms with Crippen LogP contribution in [0.4, 0.5) is 0 Å². The van der Waals surface area contributed by atoms with Gasteiger partial charge in [-0.3, -0.25) is 9.69 Å². The SMILES string of the molecule is CCOC(=O)CN1CCNC[C@@H]1COC. The van der Waals surface area contributed by atoms with Crippen LogP contribution in [0.1, 0.15) is 6.92 Å². The van der Waals surface area contributed by atoms with Gasteiger partial charge < -0.3 is 14.8 Å². The summed E-state index contributed by atoms with van der Waals surface area (Å²) < 4.78 is 10.0. The summed E-state index contributed by atoms with van der Waals surface area (Å²) in [5.41, 5.74) is 0. The number of piperazine rings is 1. The predicted octanol–water partition coefficient (Wildman–Crippen LogP) is -0.530. The molecule has 0 amide bonds. The summed E-state index contributed by atoms with van der Waals surface area (Å²) in [6.45, 7) is 5.93. The van der Waals surface area contributed by atoms with Gasteiger partial charge in [-0.1, -0.05) is 0 Å². The van der Waals surface area contributed by atoms with E-state index < -0.39 is 0 Å². The summed E-state index contributed by atoms with van der Waals surface area (Å²) in [4.78, 5) is 13.4. The lowest BCUT2D eigenvalue weighted by atomic mass is 10.2. The molecule has 88 valence electrons. The molecule has 1 aliphatic rings. The number of esters is 1. The highest BCUT2D eigenvalue weighted by atomic mass is 16.5. The molecule has 15 heavy (non-hydrogen) atoms. The second kappa shape index (κ2) is 6.76. The average Bonchev–Trinajstić information content (AvgIpc) is 2.21. The molecule has 1 aliphatic heterocycles. The zero-order valence-electron chi connectivity index (χ0n) is 9.49. The quantitative estimate of drug-likeness (QED) is 0.626. The summed E-state index contributed by atoms with van der Waals surface area (Å²) in [5, 5.41) is 3.28. The van der Waals surface area contributed by atoms with E-state index in [1.807, 2.05) is 6.92 Å². The Balaban J connectivity index is 2.38. The first-order valence-electron chi connectivity index (χ1n) is 5.37. The lowest BCUT2D eigenvalue weighted by Gasteiger charge is -2.34. The Bertz CT molecular complexity index is 197. The predicted molar refractivity (Wildman–Crippen MR) is 56.7 cm³/mol. The second-order valence-corrected chi connectivity index (χ2v) is 3.59. The highest BCUT2D eigenvalue weighted by Crippen LogP contribution is 2.03. The van der Waals surface area contributed by atoms with Crippen molar-refractivity contribution in [2.24, 2.45) is 0 Å². The van der Waals surface area contributed by atoms with Crippen LogP contribution in [0.2, 0.25) is 0 Å². The normalized spacial score (nSPS) is 22.7. The maximum atomic E-state index is 11.3. The van der Waals surface area contributed by atoms with E-state index in [2.05, 4.69) is 10.2 Å². The van der Waals surface area contributed by atoms with E-state index in [0.717, 1.165) is 19.6 Å². The fourth-order valence-electron chi connectivity index (χ4n) is 1.74. The van der Waals surface area contributed by atoms with Gasteiger partial charge in [-0.25, -0.2) is 0 Å². The number of nitrogens with zero attached hydrogens (tertiary/aromatic N) is 1. The monoisotopic (exact) mass is 216 g/mol. The van der Waals surface area contributed by atoms with E-state index >= 15 is 0 Å². The number of rotatable bonds is 5. The number of hydrogen-bond donors (Lipinski definition) is 1. The van der Waals surface area contributed by atoms with Crippen LogP contribution < -0.4 is 5.32 Å². The Morgan fingerprint density at radius 1 is 1.60 bits per heavy atom. The minimum absolute atomic E-state index is 0.152. The van der Waals surface area contributed by atoms with Crippen molar-refractivity contribution in [2.75, 3.05) is 46.5 Å². The third kappa shape index (κ3) is 4.15. The molecule has 1 saturated heterocycles. The molecule has 1 N–H and O–H groups in total. The van der Waals surface area contributed by atoms with Crippen LogP contribution in [0, 0.1) is 0 Å². The molecule has 1 rings (SSSR count). The van der Waals surface area contributed by atoms with Crippen molar-refractivity contribution in [3.63, 3.8) is 0 Å². The van der Waals surface area contributed by atoms with Crippen LogP contribution in [0.15, 0.2) is 0 Å². The molecule has 0 saturated carbocycles. The van der Waals surface area contributed by atoms with Crippen LogP contribution >= 0.6 is 0 Å². The Labute approximate surface area is 90.7 Å². The largest absolute Gasteiger partial charge is 0.465 e. The van der Waals surface area contributed by atoms with Crippen LogP contribution in [0.25, 0.3) is 0 Å². The fraction of sp³-hybridized carbons (Fsp3) is 0.900. The molecule has 0 aliphatic carbocycles. The Morgan fingerprint density at radius 3 is 3.07 bits per heavy atom. The third-order valence-electron chi connectivity index (χ3n) is 2.47. The summed E-state index contributed by atoms with van der Waals surface area (Å²) >= 11 is 0. The van der Waals surface area contributed by atoms with Crippen molar-refractivity contribution in [3.8, 4) is 0 Å². The number of carbonyl (C=O) groups is 1. The van der Waals surface area contributed by atoms with Gasteiger partial charge in [0.25, 0.3) is 0 Å². The molecule has 0 bridgehead atoms. The lowest BCUT2D eigenvalue weighted by molar-refractivity contribution is -0.145. The molecular weight excluding hydrogens is 196 g/mol. The fourth-order valence-corrected chi connectivity index (χ4v) is 1.74. The summed E-state index contributed by atoms with van der Waals surface area (Å²) in [6, 6.07) is 0.271. The Hall–Kier alpha value is -0.650. The lowest BCUT2D eigenvalue weighted by Crippen LogP contribution is -2.54. The topological polar surface area (TPSA) is 50.8 Å². The number of ether oxygens (including phenoxy) is 2. The average molecular weight is 216 g/mol. The van der Waals surface area contributed by atoms with Gasteiger partial charge in [0, 0.05) is 32.8 Å². The first-order chi connectivity index (χ1) is 7.27. The minimum Gasteiger partial charge on any atom is -0.465 e. The highest BCUT2D eigenvalue weighted by Gasteiger charge is 2.24. The van der Waals surface area contributed by atoms with E-state index in [-0.39, 0.29) is 12.0 Å². The van der Waals surface area contributed by atoms with E-state index in [0.29, 0.717) is 19.8 Å². The first kappa shape index (κ1) is 12.4. The molecule has 5 nitrogen and oxygen atoms in total. The molecule has 0 unspecified atom stereocenters. The standard InChI is InChI=1S/C10H20N2O3/c1-3-15-10(13)7-12-5-4-11-6-9(12)8-14-2/h9,11H,3-8H2,1-2H3/t9-/m1/s1. The minimum atomic E-state index is -0.152. The van der Waals surface area contributed by atoms with Gasteiger partial charge in [-0.2, -0.15) is 0 Å². The number of nitrogens with one attached hydrogen (secondary N) is 1. The van der Waals surface area contributed by atoms with Gasteiger partial charge in [-0.05, 0) is 6.92 Å². The van der Waals surface area contributed by atoms with E-state index in [9.17, 15) is 4.79 Å². The van der Waals surface area contributed by atoms with Crippen molar-refractivity contribution < 1.29 is 14.3 Å². The zero-order chi connectivity index (χ0) is 11.1. The molecular formula is C10H20N2O3. The Morgan fingerprint density at radius 2 is 2.40 bits per heavy atom. The second-order valence-electron chi connectivity index (χ2n) is 3.59. The Kier molecular flexibility index (Phi) is 5.60. The molecule has 0 aromatic heterocycles. The summed E-state index contributed by atoms with van der Waals surface area (Å²) in [5.74, 6) is -0.152. The van der Waals surface area contributed by atoms with Gasteiger partial charge in [-0.15, -0.1) is 0 Å². The van der Waals surface area contributed by atoms with E-state index in [4.69, 9.17) is 9.47 Å². The molecule has 0 aromatic carbocycles. The molecule has 1 atom stereocenters. The van der Waals surface area contributed by atoms with Crippen LogP contribution in [-0.2, 0) is 14.3 Å². The third-order valence-corrected chi connectivity index (χ3v) is 2.47. The maximum Gasteiger partial charge on any atom is 0.320 e. The van der Waals surface area contributed by atoms with Gasteiger partial charge in [0.15, 0.2) is 0 Å². The molecule has 1 heterocycles. The molecule has 0 aromatic rings.